The Morgan fingerprint density at radius 3 is 2.12 bits per heavy atom. The molecule has 0 aliphatic carbocycles. The Hall–Kier alpha value is -1.34. The van der Waals surface area contributed by atoms with Gasteiger partial charge in [-0.15, -0.1) is 34.5 Å². The average molecular weight is 760 g/mol. The van der Waals surface area contributed by atoms with Crippen molar-refractivity contribution in [1.29, 1.82) is 0 Å². The molecule has 1 aliphatic rings. The van der Waals surface area contributed by atoms with Crippen molar-refractivity contribution >= 4 is 46.4 Å². The number of halogens is 2. The lowest BCUT2D eigenvalue weighted by molar-refractivity contribution is -0.130. The zero-order chi connectivity index (χ0) is 37.4. The number of alkyl halides is 2. The second kappa shape index (κ2) is 32.6. The van der Waals surface area contributed by atoms with Crippen molar-refractivity contribution in [3.63, 3.8) is 0 Å². The second-order valence-electron chi connectivity index (χ2n) is 12.9. The standard InChI is InChI=1S/C29H49ClN2O8S.2C3H8.CH3Cl/c1-28(2,21-32-27(34)18-37-16-23-17-38-24-19-41-20-25(24)40-23)22-39-29(3,4)15-26(33)31-10-12-36-14-13-35-11-8-6-5-7-9-30;2*1-3-2;1-2/h19-20,23H,5-18,21-22H2,1-4H3,(H,31,33)(H,32,34);2*3H2,1-2H3;1H3. The van der Waals surface area contributed by atoms with Gasteiger partial charge in [-0.05, 0) is 26.7 Å². The number of thiophene rings is 1. The molecule has 1 unspecified atom stereocenters. The van der Waals surface area contributed by atoms with Crippen LogP contribution in [0.2, 0.25) is 0 Å². The Morgan fingerprint density at radius 2 is 1.47 bits per heavy atom. The first-order valence-electron chi connectivity index (χ1n) is 17.6. The minimum absolute atomic E-state index is 0.0644. The molecule has 0 bridgehead atoms. The van der Waals surface area contributed by atoms with E-state index >= 15 is 0 Å². The molecule has 13 heteroatoms. The van der Waals surface area contributed by atoms with E-state index in [9.17, 15) is 9.59 Å². The van der Waals surface area contributed by atoms with Gasteiger partial charge in [-0.25, -0.2) is 0 Å². The minimum atomic E-state index is -0.655. The summed E-state index contributed by atoms with van der Waals surface area (Å²) in [4.78, 5) is 24.6. The summed E-state index contributed by atoms with van der Waals surface area (Å²) in [7, 11) is 0. The molecule has 2 heterocycles. The van der Waals surface area contributed by atoms with Crippen molar-refractivity contribution in [2.45, 2.75) is 112 Å². The van der Waals surface area contributed by atoms with Crippen LogP contribution >= 0.6 is 34.5 Å². The van der Waals surface area contributed by atoms with Gasteiger partial charge in [0.1, 0.15) is 13.2 Å². The number of hydrogen-bond donors (Lipinski definition) is 2. The van der Waals surface area contributed by atoms with E-state index in [1.807, 2.05) is 38.5 Å². The van der Waals surface area contributed by atoms with Gasteiger partial charge in [-0.2, -0.15) is 0 Å². The van der Waals surface area contributed by atoms with Crippen molar-refractivity contribution in [2.24, 2.45) is 5.41 Å². The SMILES string of the molecule is CC(C)(CNC(=O)COCC1COc2cscc2O1)COC(C)(C)CC(=O)NCCOCCOCCCCCCCl.CCC.CCC.CCl. The van der Waals surface area contributed by atoms with Gasteiger partial charge in [-0.3, -0.25) is 9.59 Å². The van der Waals surface area contributed by atoms with Crippen molar-refractivity contribution in [3.05, 3.63) is 10.8 Å². The zero-order valence-corrected chi connectivity index (χ0v) is 34.2. The van der Waals surface area contributed by atoms with Gasteiger partial charge in [0, 0.05) is 48.1 Å². The molecule has 2 amide bonds. The van der Waals surface area contributed by atoms with Gasteiger partial charge >= 0.3 is 0 Å². The summed E-state index contributed by atoms with van der Waals surface area (Å²) in [5.41, 5.74) is -0.990. The molecule has 1 atom stereocenters. The van der Waals surface area contributed by atoms with Crippen LogP contribution in [0.15, 0.2) is 10.8 Å². The van der Waals surface area contributed by atoms with Crippen molar-refractivity contribution < 1.29 is 38.0 Å². The highest BCUT2D eigenvalue weighted by Crippen LogP contribution is 2.35. The van der Waals surface area contributed by atoms with Gasteiger partial charge in [0.05, 0.1) is 45.1 Å². The molecule has 49 heavy (non-hydrogen) atoms. The lowest BCUT2D eigenvalue weighted by Crippen LogP contribution is -2.42. The van der Waals surface area contributed by atoms with Crippen LogP contribution in [0.4, 0.5) is 0 Å². The zero-order valence-electron chi connectivity index (χ0n) is 31.9. The smallest absolute Gasteiger partial charge is 0.246 e. The summed E-state index contributed by atoms with van der Waals surface area (Å²) in [6, 6.07) is 0. The molecule has 0 spiro atoms. The molecular formula is C36H68Cl2N2O8S. The molecule has 1 aliphatic heterocycles. The number of nitrogens with one attached hydrogen (secondary N) is 2. The maximum Gasteiger partial charge on any atom is 0.246 e. The number of amides is 2. The number of fused-ring (bicyclic) bond motifs is 1. The largest absolute Gasteiger partial charge is 0.485 e. The Balaban J connectivity index is 0. The van der Waals surface area contributed by atoms with Crippen LogP contribution in [0.1, 0.15) is 100 Å². The fourth-order valence-electron chi connectivity index (χ4n) is 3.79. The summed E-state index contributed by atoms with van der Waals surface area (Å²) in [6.45, 7) is 20.3. The average Bonchev–Trinajstić information content (AvgIpc) is 3.53. The van der Waals surface area contributed by atoms with E-state index < -0.39 is 5.60 Å². The molecule has 10 nitrogen and oxygen atoms in total. The van der Waals surface area contributed by atoms with Gasteiger partial charge < -0.3 is 39.1 Å². The van der Waals surface area contributed by atoms with E-state index in [4.69, 9.17) is 40.0 Å². The fourth-order valence-corrected chi connectivity index (χ4v) is 4.65. The predicted molar refractivity (Wildman–Crippen MR) is 204 cm³/mol. The van der Waals surface area contributed by atoms with Crippen molar-refractivity contribution in [3.8, 4) is 11.5 Å². The topological polar surface area (TPSA) is 114 Å². The highest BCUT2D eigenvalue weighted by molar-refractivity contribution is 7.08. The third-order valence-electron chi connectivity index (χ3n) is 6.17. The van der Waals surface area contributed by atoms with E-state index in [0.29, 0.717) is 51.9 Å². The van der Waals surface area contributed by atoms with Gasteiger partial charge in [-0.1, -0.05) is 67.2 Å². The lowest BCUT2D eigenvalue weighted by atomic mass is 9.94. The Bertz CT molecular complexity index is 919. The lowest BCUT2D eigenvalue weighted by Gasteiger charge is -2.32. The fraction of sp³-hybridized carbons (Fsp3) is 0.833. The summed E-state index contributed by atoms with van der Waals surface area (Å²) in [5.74, 6) is 1.87. The number of carbonyl (C=O) groups excluding carboxylic acids is 2. The quantitative estimate of drug-likeness (QED) is 0.0857. The molecule has 1 aromatic rings. The van der Waals surface area contributed by atoms with E-state index in [2.05, 4.69) is 49.9 Å². The van der Waals surface area contributed by atoms with Crippen LogP contribution < -0.4 is 20.1 Å². The molecule has 290 valence electrons. The van der Waals surface area contributed by atoms with E-state index in [-0.39, 0.29) is 43.0 Å². The minimum Gasteiger partial charge on any atom is -0.485 e. The molecule has 2 N–H and O–H groups in total. The van der Waals surface area contributed by atoms with E-state index in [0.717, 1.165) is 43.9 Å². The van der Waals surface area contributed by atoms with Gasteiger partial charge in [0.2, 0.25) is 11.8 Å². The highest BCUT2D eigenvalue weighted by Gasteiger charge is 2.28. The molecule has 0 saturated carbocycles. The summed E-state index contributed by atoms with van der Waals surface area (Å²) < 4.78 is 34.1. The second-order valence-corrected chi connectivity index (χ2v) is 14.0. The van der Waals surface area contributed by atoms with Crippen LogP contribution in [0, 0.1) is 5.41 Å². The monoisotopic (exact) mass is 758 g/mol. The highest BCUT2D eigenvalue weighted by atomic mass is 35.5. The molecule has 0 aromatic carbocycles. The first kappa shape index (κ1) is 49.8. The third-order valence-corrected chi connectivity index (χ3v) is 7.13. The van der Waals surface area contributed by atoms with Crippen LogP contribution in [-0.4, -0.2) is 102 Å². The number of carbonyl (C=O) groups is 2. The van der Waals surface area contributed by atoms with Crippen molar-refractivity contribution in [2.75, 3.05) is 78.2 Å². The molecule has 0 saturated heterocycles. The molecule has 1 aromatic heterocycles. The number of rotatable bonds is 23. The van der Waals surface area contributed by atoms with Gasteiger partial charge in [0.15, 0.2) is 17.6 Å². The van der Waals surface area contributed by atoms with Crippen LogP contribution in [0.25, 0.3) is 0 Å². The Labute approximate surface area is 311 Å². The molecular weight excluding hydrogens is 691 g/mol. The first-order chi connectivity index (χ1) is 23.4. The molecule has 0 radical (unpaired) electrons. The third kappa shape index (κ3) is 30.0. The Morgan fingerprint density at radius 1 is 0.857 bits per heavy atom. The summed E-state index contributed by atoms with van der Waals surface area (Å²) in [5, 5.41) is 9.54. The van der Waals surface area contributed by atoms with E-state index in [1.165, 1.54) is 30.6 Å². The van der Waals surface area contributed by atoms with Crippen LogP contribution in [-0.2, 0) is 28.5 Å². The Kier molecular flexibility index (Phi) is 33.1. The van der Waals surface area contributed by atoms with Crippen LogP contribution in [0.5, 0.6) is 11.5 Å². The first-order valence-corrected chi connectivity index (χ1v) is 19.9. The summed E-state index contributed by atoms with van der Waals surface area (Å²) in [6.07, 6.45) is 8.32. The number of hydrogen-bond acceptors (Lipinski definition) is 9. The van der Waals surface area contributed by atoms with Crippen molar-refractivity contribution in [1.82, 2.24) is 10.6 Å². The number of ether oxygens (including phenoxy) is 6. The van der Waals surface area contributed by atoms with Gasteiger partial charge in [0.25, 0.3) is 0 Å². The normalized spacial score (nSPS) is 13.5. The molecule has 0 fully saturated rings. The van der Waals surface area contributed by atoms with E-state index in [1.54, 1.807) is 0 Å². The summed E-state index contributed by atoms with van der Waals surface area (Å²) >= 11 is 11.8. The molecule has 2 rings (SSSR count). The maximum absolute atomic E-state index is 12.4. The maximum atomic E-state index is 12.4. The number of unbranched alkanes of at least 4 members (excludes halogenated alkanes) is 3. The predicted octanol–water partition coefficient (Wildman–Crippen LogP) is 7.87. The van der Waals surface area contributed by atoms with Crippen LogP contribution in [0.3, 0.4) is 0 Å².